The van der Waals surface area contributed by atoms with Gasteiger partial charge in [0.1, 0.15) is 11.4 Å². The third-order valence-corrected chi connectivity index (χ3v) is 5.70. The minimum absolute atomic E-state index is 0.00787. The second kappa shape index (κ2) is 10.8. The molecule has 0 bridgehead atoms. The SMILES string of the molecule is COC(=O)/C=C/c1ccc(N2CCN(Cc3nc(-c4ccc(OC)cc4)no3)CC2)c([N+](=O)[O-])c1. The Morgan fingerprint density at radius 1 is 1.14 bits per heavy atom. The van der Waals surface area contributed by atoms with Crippen LogP contribution in [-0.4, -0.2) is 66.3 Å². The van der Waals surface area contributed by atoms with Crippen molar-refractivity contribution in [1.29, 1.82) is 0 Å². The van der Waals surface area contributed by atoms with Gasteiger partial charge in [0.2, 0.25) is 11.7 Å². The molecular weight excluding hydrogens is 454 g/mol. The van der Waals surface area contributed by atoms with Crippen LogP contribution in [-0.2, 0) is 16.1 Å². The molecule has 0 atom stereocenters. The Morgan fingerprint density at radius 2 is 1.89 bits per heavy atom. The van der Waals surface area contributed by atoms with Gasteiger partial charge in [0.25, 0.3) is 5.69 Å². The van der Waals surface area contributed by atoms with Crippen molar-refractivity contribution >= 4 is 23.4 Å². The van der Waals surface area contributed by atoms with E-state index in [9.17, 15) is 14.9 Å². The molecule has 0 N–H and O–H groups in total. The van der Waals surface area contributed by atoms with E-state index in [-0.39, 0.29) is 5.69 Å². The molecule has 1 fully saturated rings. The van der Waals surface area contributed by atoms with E-state index in [0.717, 1.165) is 11.3 Å². The lowest BCUT2D eigenvalue weighted by Crippen LogP contribution is -2.46. The number of aromatic nitrogens is 2. The van der Waals surface area contributed by atoms with Crippen LogP contribution in [0.1, 0.15) is 11.5 Å². The molecule has 0 aliphatic carbocycles. The number of esters is 1. The third-order valence-electron chi connectivity index (χ3n) is 5.70. The topological polar surface area (TPSA) is 124 Å². The Labute approximate surface area is 201 Å². The summed E-state index contributed by atoms with van der Waals surface area (Å²) in [5.41, 5.74) is 1.92. The van der Waals surface area contributed by atoms with Gasteiger partial charge in [-0.25, -0.2) is 4.79 Å². The number of nitro groups is 1. The van der Waals surface area contributed by atoms with Gasteiger partial charge in [-0.3, -0.25) is 15.0 Å². The van der Waals surface area contributed by atoms with Crippen molar-refractivity contribution < 1.29 is 23.7 Å². The van der Waals surface area contributed by atoms with E-state index in [1.807, 2.05) is 29.2 Å². The van der Waals surface area contributed by atoms with E-state index in [2.05, 4.69) is 19.8 Å². The average molecular weight is 479 g/mol. The molecule has 182 valence electrons. The number of ether oxygens (including phenoxy) is 2. The molecule has 11 heteroatoms. The first kappa shape index (κ1) is 23.9. The molecule has 0 radical (unpaired) electrons. The lowest BCUT2D eigenvalue weighted by atomic mass is 10.1. The van der Waals surface area contributed by atoms with Gasteiger partial charge in [-0.15, -0.1) is 0 Å². The van der Waals surface area contributed by atoms with Gasteiger partial charge in [-0.2, -0.15) is 4.98 Å². The number of benzene rings is 2. The summed E-state index contributed by atoms with van der Waals surface area (Å²) < 4.78 is 15.2. The maximum Gasteiger partial charge on any atom is 0.330 e. The van der Waals surface area contributed by atoms with Crippen molar-refractivity contribution in [3.05, 3.63) is 70.1 Å². The molecule has 11 nitrogen and oxygen atoms in total. The molecule has 1 aliphatic heterocycles. The number of nitrogens with zero attached hydrogens (tertiary/aromatic N) is 5. The smallest absolute Gasteiger partial charge is 0.330 e. The average Bonchev–Trinajstić information content (AvgIpc) is 3.36. The summed E-state index contributed by atoms with van der Waals surface area (Å²) in [6.45, 7) is 3.08. The second-order valence-electron chi connectivity index (χ2n) is 7.87. The first-order valence-corrected chi connectivity index (χ1v) is 11.0. The number of carbonyl (C=O) groups excluding carboxylic acids is 1. The maximum atomic E-state index is 11.7. The molecule has 0 amide bonds. The summed E-state index contributed by atoms with van der Waals surface area (Å²) in [4.78, 5) is 31.2. The van der Waals surface area contributed by atoms with Gasteiger partial charge in [0.05, 0.1) is 25.7 Å². The number of carbonyl (C=O) groups is 1. The van der Waals surface area contributed by atoms with E-state index >= 15 is 0 Å². The quantitative estimate of drug-likeness (QED) is 0.206. The van der Waals surface area contributed by atoms with E-state index < -0.39 is 10.9 Å². The zero-order valence-corrected chi connectivity index (χ0v) is 19.4. The van der Waals surface area contributed by atoms with Crippen molar-refractivity contribution in [2.75, 3.05) is 45.3 Å². The molecular formula is C24H25N5O6. The van der Waals surface area contributed by atoms with Gasteiger partial charge >= 0.3 is 5.97 Å². The van der Waals surface area contributed by atoms with Crippen molar-refractivity contribution in [2.24, 2.45) is 0 Å². The van der Waals surface area contributed by atoms with Gasteiger partial charge in [-0.05, 0) is 42.0 Å². The van der Waals surface area contributed by atoms with Gasteiger partial charge in [0.15, 0.2) is 0 Å². The normalized spacial score (nSPS) is 14.3. The van der Waals surface area contributed by atoms with Crippen molar-refractivity contribution in [2.45, 2.75) is 6.54 Å². The highest BCUT2D eigenvalue weighted by molar-refractivity contribution is 5.87. The zero-order valence-electron chi connectivity index (χ0n) is 19.4. The molecule has 0 unspecified atom stereocenters. The summed E-state index contributed by atoms with van der Waals surface area (Å²) in [6, 6.07) is 12.3. The maximum absolute atomic E-state index is 11.7. The van der Waals surface area contributed by atoms with Crippen LogP contribution in [0, 0.1) is 10.1 Å². The summed E-state index contributed by atoms with van der Waals surface area (Å²) in [6.07, 6.45) is 2.72. The van der Waals surface area contributed by atoms with Crippen molar-refractivity contribution in [3.8, 4) is 17.1 Å². The van der Waals surface area contributed by atoms with E-state index in [4.69, 9.17) is 9.26 Å². The summed E-state index contributed by atoms with van der Waals surface area (Å²) in [5.74, 6) is 1.25. The molecule has 1 aliphatic rings. The molecule has 1 saturated heterocycles. The third kappa shape index (κ3) is 5.82. The summed E-state index contributed by atoms with van der Waals surface area (Å²) in [5, 5.41) is 15.8. The predicted octanol–water partition coefficient (Wildman–Crippen LogP) is 3.16. The van der Waals surface area contributed by atoms with Crippen LogP contribution < -0.4 is 9.64 Å². The number of anilines is 1. The lowest BCUT2D eigenvalue weighted by Gasteiger charge is -2.35. The number of methoxy groups -OCH3 is 2. The highest BCUT2D eigenvalue weighted by Gasteiger charge is 2.25. The predicted molar refractivity (Wildman–Crippen MR) is 128 cm³/mol. The fourth-order valence-corrected chi connectivity index (χ4v) is 3.80. The fourth-order valence-electron chi connectivity index (χ4n) is 3.80. The highest BCUT2D eigenvalue weighted by Crippen LogP contribution is 2.31. The summed E-state index contributed by atoms with van der Waals surface area (Å²) in [7, 11) is 2.88. The van der Waals surface area contributed by atoms with E-state index in [1.54, 1.807) is 19.2 Å². The van der Waals surface area contributed by atoms with Crippen LogP contribution in [0.2, 0.25) is 0 Å². The minimum Gasteiger partial charge on any atom is -0.497 e. The molecule has 35 heavy (non-hydrogen) atoms. The molecule has 3 aromatic rings. The van der Waals surface area contributed by atoms with Gasteiger partial charge < -0.3 is 18.9 Å². The van der Waals surface area contributed by atoms with Gasteiger partial charge in [0, 0.05) is 43.9 Å². The Balaban J connectivity index is 1.38. The van der Waals surface area contributed by atoms with E-state index in [1.165, 1.54) is 25.3 Å². The highest BCUT2D eigenvalue weighted by atomic mass is 16.6. The first-order valence-electron chi connectivity index (χ1n) is 11.0. The number of rotatable bonds is 8. The molecule has 0 spiro atoms. The van der Waals surface area contributed by atoms with E-state index in [0.29, 0.717) is 55.7 Å². The Kier molecular flexibility index (Phi) is 7.36. The molecule has 2 heterocycles. The standard InChI is InChI=1S/C24H25N5O6/c1-33-19-7-5-18(6-8-19)24-25-22(35-26-24)16-27-11-13-28(14-12-27)20-9-3-17(4-10-23(30)34-2)15-21(20)29(31)32/h3-10,15H,11-14,16H2,1-2H3/b10-4+. The number of piperazine rings is 1. The monoisotopic (exact) mass is 479 g/mol. The van der Waals surface area contributed by atoms with Crippen molar-refractivity contribution in [1.82, 2.24) is 15.0 Å². The van der Waals surface area contributed by atoms with Crippen LogP contribution >= 0.6 is 0 Å². The number of hydrogen-bond acceptors (Lipinski definition) is 10. The minimum atomic E-state index is -0.523. The Bertz CT molecular complexity index is 1220. The second-order valence-corrected chi connectivity index (χ2v) is 7.87. The van der Waals surface area contributed by atoms with Crippen LogP contribution in [0.3, 0.4) is 0 Å². The molecule has 2 aromatic carbocycles. The molecule has 4 rings (SSSR count). The summed E-state index contributed by atoms with van der Waals surface area (Å²) >= 11 is 0. The van der Waals surface area contributed by atoms with Crippen LogP contribution in [0.25, 0.3) is 17.5 Å². The molecule has 1 aromatic heterocycles. The number of hydrogen-bond donors (Lipinski definition) is 0. The fraction of sp³-hybridized carbons (Fsp3) is 0.292. The van der Waals surface area contributed by atoms with Gasteiger partial charge in [-0.1, -0.05) is 11.2 Å². The van der Waals surface area contributed by atoms with Crippen LogP contribution in [0.15, 0.2) is 53.1 Å². The first-order chi connectivity index (χ1) is 17.0. The Hall–Kier alpha value is -4.25. The zero-order chi connectivity index (χ0) is 24.8. The van der Waals surface area contributed by atoms with Crippen LogP contribution in [0.4, 0.5) is 11.4 Å². The largest absolute Gasteiger partial charge is 0.497 e. The van der Waals surface area contributed by atoms with Crippen LogP contribution in [0.5, 0.6) is 5.75 Å². The number of nitro benzene ring substituents is 1. The molecule has 0 saturated carbocycles. The van der Waals surface area contributed by atoms with Crippen molar-refractivity contribution in [3.63, 3.8) is 0 Å². The lowest BCUT2D eigenvalue weighted by molar-refractivity contribution is -0.384. The Morgan fingerprint density at radius 3 is 2.54 bits per heavy atom.